The van der Waals surface area contributed by atoms with Crippen molar-refractivity contribution in [3.8, 4) is 0 Å². The molecule has 4 rings (SSSR count). The van der Waals surface area contributed by atoms with Crippen LogP contribution in [0.1, 0.15) is 17.3 Å². The van der Waals surface area contributed by atoms with Crippen LogP contribution in [0, 0.1) is 5.82 Å². The van der Waals surface area contributed by atoms with Crippen molar-refractivity contribution in [3.63, 3.8) is 0 Å². The number of ether oxygens (including phenoxy) is 1. The Morgan fingerprint density at radius 2 is 2.32 bits per heavy atom. The summed E-state index contributed by atoms with van der Waals surface area (Å²) in [6.07, 6.45) is 5.17. The molecule has 0 saturated heterocycles. The highest BCUT2D eigenvalue weighted by atomic mass is 19.1. The Bertz CT molecular complexity index is 747. The minimum Gasteiger partial charge on any atom is -0.461 e. The molecular weight excluding hydrogens is 247 g/mol. The number of rotatable bonds is 1. The molecular formula is C14H11FN2O2. The van der Waals surface area contributed by atoms with Crippen LogP contribution >= 0.6 is 0 Å². The monoisotopic (exact) mass is 258 g/mol. The zero-order chi connectivity index (χ0) is 12.8. The number of imidazole rings is 1. The Morgan fingerprint density at radius 3 is 3.26 bits per heavy atom. The van der Waals surface area contributed by atoms with E-state index in [1.165, 1.54) is 6.07 Å². The Hall–Kier alpha value is -2.14. The smallest absolute Gasteiger partial charge is 0.169 e. The first-order valence-corrected chi connectivity index (χ1v) is 6.08. The van der Waals surface area contributed by atoms with Crippen molar-refractivity contribution in [2.75, 3.05) is 6.61 Å². The molecule has 3 heterocycles. The summed E-state index contributed by atoms with van der Waals surface area (Å²) in [6, 6.07) is 4.93. The molecule has 0 saturated carbocycles. The maximum Gasteiger partial charge on any atom is 0.169 e. The van der Waals surface area contributed by atoms with Gasteiger partial charge in [-0.2, -0.15) is 0 Å². The molecule has 1 aliphatic rings. The summed E-state index contributed by atoms with van der Waals surface area (Å²) >= 11 is 0. The van der Waals surface area contributed by atoms with E-state index in [1.807, 2.05) is 6.07 Å². The van der Waals surface area contributed by atoms with Crippen LogP contribution in [0.2, 0.25) is 0 Å². The molecule has 0 fully saturated rings. The second-order valence-corrected chi connectivity index (χ2v) is 4.63. The van der Waals surface area contributed by atoms with Gasteiger partial charge < -0.3 is 13.7 Å². The fourth-order valence-electron chi connectivity index (χ4n) is 2.62. The molecule has 1 aliphatic heterocycles. The van der Waals surface area contributed by atoms with Crippen LogP contribution in [-0.4, -0.2) is 16.2 Å². The van der Waals surface area contributed by atoms with Crippen LogP contribution in [0.3, 0.4) is 0 Å². The number of halogens is 1. The summed E-state index contributed by atoms with van der Waals surface area (Å²) in [7, 11) is 0. The van der Waals surface area contributed by atoms with Gasteiger partial charge in [0.15, 0.2) is 11.4 Å². The van der Waals surface area contributed by atoms with E-state index in [-0.39, 0.29) is 11.9 Å². The van der Waals surface area contributed by atoms with Gasteiger partial charge in [0.25, 0.3) is 0 Å². The molecule has 0 bridgehead atoms. The van der Waals surface area contributed by atoms with E-state index in [2.05, 4.69) is 9.55 Å². The van der Waals surface area contributed by atoms with Gasteiger partial charge in [-0.05, 0) is 6.07 Å². The molecule has 1 unspecified atom stereocenters. The van der Waals surface area contributed by atoms with Gasteiger partial charge in [0.2, 0.25) is 0 Å². The molecule has 2 aromatic heterocycles. The fourth-order valence-corrected chi connectivity index (χ4v) is 2.62. The van der Waals surface area contributed by atoms with Crippen molar-refractivity contribution in [1.29, 1.82) is 0 Å². The van der Waals surface area contributed by atoms with Crippen molar-refractivity contribution >= 4 is 11.0 Å². The maximum atomic E-state index is 13.7. The van der Waals surface area contributed by atoms with Crippen LogP contribution in [0.15, 0.2) is 41.4 Å². The molecule has 1 atom stereocenters. The summed E-state index contributed by atoms with van der Waals surface area (Å²) in [4.78, 5) is 4.14. The lowest BCUT2D eigenvalue weighted by atomic mass is 10.1. The highest BCUT2D eigenvalue weighted by Crippen LogP contribution is 2.33. The summed E-state index contributed by atoms with van der Waals surface area (Å²) in [5.74, 6) is -0.341. The molecule has 0 spiro atoms. The molecule has 4 nitrogen and oxygen atoms in total. The van der Waals surface area contributed by atoms with Gasteiger partial charge in [0.1, 0.15) is 0 Å². The molecule has 0 N–H and O–H groups in total. The average Bonchev–Trinajstić information content (AvgIpc) is 3.05. The lowest BCUT2D eigenvalue weighted by Gasteiger charge is -2.25. The number of hydrogen-bond donors (Lipinski definition) is 0. The number of hydrogen-bond acceptors (Lipinski definition) is 3. The Kier molecular flexibility index (Phi) is 2.22. The van der Waals surface area contributed by atoms with Gasteiger partial charge in [-0.25, -0.2) is 9.37 Å². The molecule has 96 valence electrons. The third-order valence-corrected chi connectivity index (χ3v) is 3.55. The van der Waals surface area contributed by atoms with Crippen LogP contribution in [0.4, 0.5) is 4.39 Å². The van der Waals surface area contributed by atoms with Gasteiger partial charge in [-0.3, -0.25) is 0 Å². The van der Waals surface area contributed by atoms with Crippen LogP contribution in [-0.2, 0) is 11.3 Å². The van der Waals surface area contributed by atoms with Crippen LogP contribution in [0.25, 0.3) is 11.0 Å². The largest absolute Gasteiger partial charge is 0.461 e. The number of benzene rings is 1. The lowest BCUT2D eigenvalue weighted by molar-refractivity contribution is 0.0697. The minimum absolute atomic E-state index is 0.0192. The van der Waals surface area contributed by atoms with E-state index in [4.69, 9.17) is 9.15 Å². The van der Waals surface area contributed by atoms with Gasteiger partial charge in [-0.1, -0.05) is 12.1 Å². The minimum atomic E-state index is -0.341. The molecule has 0 amide bonds. The summed E-state index contributed by atoms with van der Waals surface area (Å²) < 4.78 is 26.6. The van der Waals surface area contributed by atoms with Crippen molar-refractivity contribution in [3.05, 3.63) is 54.1 Å². The first kappa shape index (κ1) is 10.8. The molecule has 0 radical (unpaired) electrons. The summed E-state index contributed by atoms with van der Waals surface area (Å²) in [6.45, 7) is 1.09. The highest BCUT2D eigenvalue weighted by molar-refractivity contribution is 5.82. The quantitative estimate of drug-likeness (QED) is 0.673. The molecule has 5 heteroatoms. The average molecular weight is 258 g/mol. The van der Waals surface area contributed by atoms with E-state index in [1.54, 1.807) is 24.9 Å². The number of aromatic nitrogens is 2. The van der Waals surface area contributed by atoms with Gasteiger partial charge >= 0.3 is 0 Å². The Labute approximate surface area is 108 Å². The predicted molar refractivity (Wildman–Crippen MR) is 66.2 cm³/mol. The van der Waals surface area contributed by atoms with Crippen molar-refractivity contribution in [1.82, 2.24) is 9.55 Å². The van der Waals surface area contributed by atoms with E-state index in [0.29, 0.717) is 18.8 Å². The second-order valence-electron chi connectivity index (χ2n) is 4.63. The van der Waals surface area contributed by atoms with Crippen LogP contribution in [0.5, 0.6) is 0 Å². The fraction of sp³-hybridized carbons (Fsp3) is 0.214. The number of nitrogens with zero attached hydrogens (tertiary/aromatic N) is 2. The van der Waals surface area contributed by atoms with Gasteiger partial charge in [0.05, 0.1) is 43.7 Å². The third kappa shape index (κ3) is 1.51. The zero-order valence-corrected chi connectivity index (χ0v) is 10.0. The number of fused-ring (bicyclic) bond motifs is 2. The van der Waals surface area contributed by atoms with Gasteiger partial charge in [-0.15, -0.1) is 0 Å². The topological polar surface area (TPSA) is 40.2 Å². The van der Waals surface area contributed by atoms with Crippen LogP contribution < -0.4 is 0 Å². The SMILES string of the molecule is Fc1cccc2c(C3COCc4cncn43)coc12. The summed E-state index contributed by atoms with van der Waals surface area (Å²) in [5, 5.41) is 0.787. The molecule has 19 heavy (non-hydrogen) atoms. The predicted octanol–water partition coefficient (Wildman–Crippen LogP) is 2.89. The lowest BCUT2D eigenvalue weighted by Crippen LogP contribution is -2.23. The Balaban J connectivity index is 1.91. The van der Waals surface area contributed by atoms with Crippen molar-refractivity contribution in [2.24, 2.45) is 0 Å². The molecule has 3 aromatic rings. The number of para-hydroxylation sites is 1. The van der Waals surface area contributed by atoms with E-state index in [9.17, 15) is 4.39 Å². The number of furan rings is 1. The van der Waals surface area contributed by atoms with Gasteiger partial charge in [0, 0.05) is 10.9 Å². The van der Waals surface area contributed by atoms with Crippen molar-refractivity contribution < 1.29 is 13.5 Å². The zero-order valence-electron chi connectivity index (χ0n) is 10.0. The van der Waals surface area contributed by atoms with E-state index < -0.39 is 0 Å². The Morgan fingerprint density at radius 1 is 1.37 bits per heavy atom. The molecule has 0 aliphatic carbocycles. The molecule has 1 aromatic carbocycles. The van der Waals surface area contributed by atoms with E-state index in [0.717, 1.165) is 16.6 Å². The third-order valence-electron chi connectivity index (χ3n) is 3.55. The standard InChI is InChI=1S/C14H11FN2O2/c15-12-3-1-2-10-11(6-19-14(10)12)13-7-18-5-9-4-16-8-17(9)13/h1-4,6,8,13H,5,7H2. The summed E-state index contributed by atoms with van der Waals surface area (Å²) in [5.41, 5.74) is 2.24. The normalized spacial score (nSPS) is 18.7. The van der Waals surface area contributed by atoms with E-state index >= 15 is 0 Å². The first-order chi connectivity index (χ1) is 9.34. The maximum absolute atomic E-state index is 13.7. The highest BCUT2D eigenvalue weighted by Gasteiger charge is 2.25. The van der Waals surface area contributed by atoms with Crippen molar-refractivity contribution in [2.45, 2.75) is 12.6 Å². The first-order valence-electron chi connectivity index (χ1n) is 6.08. The second kappa shape index (κ2) is 3.93.